The van der Waals surface area contributed by atoms with Crippen molar-refractivity contribution in [3.8, 4) is 5.88 Å². The zero-order chi connectivity index (χ0) is 15.2. The second-order valence-corrected chi connectivity index (χ2v) is 4.19. The van der Waals surface area contributed by atoms with Crippen molar-refractivity contribution < 1.29 is 4.74 Å². The first-order valence-electron chi connectivity index (χ1n) is 6.85. The van der Waals surface area contributed by atoms with Crippen molar-refractivity contribution in [3.63, 3.8) is 0 Å². The van der Waals surface area contributed by atoms with Crippen LogP contribution in [0.3, 0.4) is 0 Å². The zero-order valence-corrected chi connectivity index (χ0v) is 12.4. The standard InChI is InChI=1S/C13H13N5O.C2H6/c1-18-8-15-10-11(18)16-13(14)17-12(10)19-7-9-5-3-2-4-6-9;1-2/h2-6,8H,7H2,1H3,(H2,14,16,17);1-2H3. The number of hydrogen-bond acceptors (Lipinski definition) is 5. The number of nitrogens with zero attached hydrogens (tertiary/aromatic N) is 4. The summed E-state index contributed by atoms with van der Waals surface area (Å²) in [6.45, 7) is 4.42. The number of hydrogen-bond donors (Lipinski definition) is 1. The summed E-state index contributed by atoms with van der Waals surface area (Å²) in [6, 6.07) is 9.86. The number of fused-ring (bicyclic) bond motifs is 1. The van der Waals surface area contributed by atoms with Crippen molar-refractivity contribution in [3.05, 3.63) is 42.2 Å². The van der Waals surface area contributed by atoms with E-state index in [0.717, 1.165) is 5.56 Å². The number of aromatic nitrogens is 4. The molecule has 0 amide bonds. The molecule has 0 aliphatic carbocycles. The quantitative estimate of drug-likeness (QED) is 0.800. The highest BCUT2D eigenvalue weighted by atomic mass is 16.5. The van der Waals surface area contributed by atoms with Crippen LogP contribution in [0, 0.1) is 0 Å². The van der Waals surface area contributed by atoms with Gasteiger partial charge in [0.1, 0.15) is 6.61 Å². The van der Waals surface area contributed by atoms with Gasteiger partial charge in [0, 0.05) is 7.05 Å². The lowest BCUT2D eigenvalue weighted by Crippen LogP contribution is -2.03. The van der Waals surface area contributed by atoms with Gasteiger partial charge in [-0.15, -0.1) is 0 Å². The second kappa shape index (κ2) is 6.69. The first-order valence-corrected chi connectivity index (χ1v) is 6.85. The molecular formula is C15H19N5O. The van der Waals surface area contributed by atoms with Crippen LogP contribution in [0.2, 0.25) is 0 Å². The molecule has 0 unspecified atom stereocenters. The predicted octanol–water partition coefficient (Wildman–Crippen LogP) is 2.55. The fourth-order valence-corrected chi connectivity index (χ4v) is 1.82. The van der Waals surface area contributed by atoms with Crippen LogP contribution in [-0.4, -0.2) is 19.5 Å². The van der Waals surface area contributed by atoms with Gasteiger partial charge in [-0.2, -0.15) is 9.97 Å². The first-order chi connectivity index (χ1) is 10.2. The number of rotatable bonds is 3. The number of aryl methyl sites for hydroxylation is 1. The van der Waals surface area contributed by atoms with Crippen molar-refractivity contribution in [2.24, 2.45) is 7.05 Å². The van der Waals surface area contributed by atoms with E-state index in [1.165, 1.54) is 0 Å². The maximum atomic E-state index is 5.69. The molecule has 3 aromatic rings. The maximum Gasteiger partial charge on any atom is 0.247 e. The second-order valence-electron chi connectivity index (χ2n) is 4.19. The van der Waals surface area contributed by atoms with E-state index in [1.807, 2.05) is 51.2 Å². The van der Waals surface area contributed by atoms with Crippen molar-refractivity contribution >= 4 is 17.1 Å². The Bertz CT molecular complexity index is 709. The minimum Gasteiger partial charge on any atom is -0.471 e. The molecule has 0 aliphatic heterocycles. The van der Waals surface area contributed by atoms with Gasteiger partial charge in [0.25, 0.3) is 0 Å². The molecule has 2 heterocycles. The van der Waals surface area contributed by atoms with Gasteiger partial charge < -0.3 is 15.0 Å². The lowest BCUT2D eigenvalue weighted by molar-refractivity contribution is 0.297. The Morgan fingerprint density at radius 2 is 1.86 bits per heavy atom. The number of ether oxygens (including phenoxy) is 1. The third-order valence-corrected chi connectivity index (χ3v) is 2.76. The summed E-state index contributed by atoms with van der Waals surface area (Å²) >= 11 is 0. The van der Waals surface area contributed by atoms with E-state index in [4.69, 9.17) is 10.5 Å². The van der Waals surface area contributed by atoms with E-state index in [0.29, 0.717) is 23.7 Å². The SMILES string of the molecule is CC.Cn1cnc2c(OCc3ccccc3)nc(N)nc21. The van der Waals surface area contributed by atoms with Crippen molar-refractivity contribution in [1.29, 1.82) is 0 Å². The highest BCUT2D eigenvalue weighted by Gasteiger charge is 2.11. The van der Waals surface area contributed by atoms with Crippen LogP contribution < -0.4 is 10.5 Å². The van der Waals surface area contributed by atoms with Gasteiger partial charge in [-0.25, -0.2) is 4.98 Å². The lowest BCUT2D eigenvalue weighted by Gasteiger charge is -2.06. The molecule has 2 N–H and O–H groups in total. The van der Waals surface area contributed by atoms with Gasteiger partial charge in [-0.1, -0.05) is 44.2 Å². The predicted molar refractivity (Wildman–Crippen MR) is 82.8 cm³/mol. The molecule has 0 saturated heterocycles. The number of anilines is 1. The number of imidazole rings is 1. The van der Waals surface area contributed by atoms with Gasteiger partial charge >= 0.3 is 0 Å². The summed E-state index contributed by atoms with van der Waals surface area (Å²) in [7, 11) is 1.85. The molecule has 1 aromatic carbocycles. The Hall–Kier alpha value is -2.63. The third-order valence-electron chi connectivity index (χ3n) is 2.76. The van der Waals surface area contributed by atoms with Gasteiger partial charge in [-0.05, 0) is 5.56 Å². The van der Waals surface area contributed by atoms with Gasteiger partial charge in [0.2, 0.25) is 11.8 Å². The summed E-state index contributed by atoms with van der Waals surface area (Å²) in [5.74, 6) is 0.589. The van der Waals surface area contributed by atoms with Gasteiger partial charge in [0.05, 0.1) is 6.33 Å². The highest BCUT2D eigenvalue weighted by molar-refractivity contribution is 5.77. The molecule has 3 rings (SSSR count). The van der Waals surface area contributed by atoms with Crippen LogP contribution in [0.5, 0.6) is 5.88 Å². The van der Waals surface area contributed by atoms with Crippen LogP contribution >= 0.6 is 0 Å². The van der Waals surface area contributed by atoms with Crippen LogP contribution in [0.1, 0.15) is 19.4 Å². The van der Waals surface area contributed by atoms with Crippen LogP contribution in [0.15, 0.2) is 36.7 Å². The summed E-state index contributed by atoms with van der Waals surface area (Å²) in [6.07, 6.45) is 1.66. The average Bonchev–Trinajstić information content (AvgIpc) is 2.89. The Balaban J connectivity index is 0.000000774. The highest BCUT2D eigenvalue weighted by Crippen LogP contribution is 2.22. The van der Waals surface area contributed by atoms with Crippen LogP contribution in [-0.2, 0) is 13.7 Å². The van der Waals surface area contributed by atoms with Crippen molar-refractivity contribution in [2.75, 3.05) is 5.73 Å². The molecule has 0 fully saturated rings. The summed E-state index contributed by atoms with van der Waals surface area (Å²) in [5, 5.41) is 0. The Morgan fingerprint density at radius 1 is 1.14 bits per heavy atom. The largest absolute Gasteiger partial charge is 0.471 e. The molecule has 0 atom stereocenters. The summed E-state index contributed by atoms with van der Waals surface area (Å²) in [4.78, 5) is 12.5. The number of nitrogen functional groups attached to an aromatic ring is 1. The minimum absolute atomic E-state index is 0.180. The molecular weight excluding hydrogens is 266 g/mol. The normalized spacial score (nSPS) is 10.0. The Kier molecular flexibility index (Phi) is 4.71. The summed E-state index contributed by atoms with van der Waals surface area (Å²) in [5.41, 5.74) is 8.02. The van der Waals surface area contributed by atoms with E-state index in [-0.39, 0.29) is 5.95 Å². The average molecular weight is 285 g/mol. The maximum absolute atomic E-state index is 5.69. The number of nitrogens with two attached hydrogens (primary N) is 1. The topological polar surface area (TPSA) is 78.8 Å². The van der Waals surface area contributed by atoms with E-state index >= 15 is 0 Å². The summed E-state index contributed by atoms with van der Waals surface area (Å²) < 4.78 is 7.47. The van der Waals surface area contributed by atoms with E-state index in [1.54, 1.807) is 10.9 Å². The molecule has 0 radical (unpaired) electrons. The van der Waals surface area contributed by atoms with Crippen molar-refractivity contribution in [2.45, 2.75) is 20.5 Å². The van der Waals surface area contributed by atoms with Gasteiger partial charge in [0.15, 0.2) is 11.2 Å². The zero-order valence-electron chi connectivity index (χ0n) is 12.4. The number of benzene rings is 1. The molecule has 2 aromatic heterocycles. The molecule has 0 aliphatic rings. The van der Waals surface area contributed by atoms with Gasteiger partial charge in [-0.3, -0.25) is 0 Å². The first kappa shape index (κ1) is 14.8. The third kappa shape index (κ3) is 3.28. The monoisotopic (exact) mass is 285 g/mol. The molecule has 6 heteroatoms. The fourth-order valence-electron chi connectivity index (χ4n) is 1.82. The Morgan fingerprint density at radius 3 is 2.57 bits per heavy atom. The molecule has 0 saturated carbocycles. The van der Waals surface area contributed by atoms with E-state index in [9.17, 15) is 0 Å². The molecule has 0 spiro atoms. The fraction of sp³-hybridized carbons (Fsp3) is 0.267. The molecule has 6 nitrogen and oxygen atoms in total. The smallest absolute Gasteiger partial charge is 0.247 e. The Labute approximate surface area is 123 Å². The van der Waals surface area contributed by atoms with E-state index in [2.05, 4.69) is 15.0 Å². The van der Waals surface area contributed by atoms with E-state index < -0.39 is 0 Å². The molecule has 0 bridgehead atoms. The lowest BCUT2D eigenvalue weighted by atomic mass is 10.2. The molecule has 110 valence electrons. The van der Waals surface area contributed by atoms with Crippen molar-refractivity contribution in [1.82, 2.24) is 19.5 Å². The van der Waals surface area contributed by atoms with Crippen LogP contribution in [0.25, 0.3) is 11.2 Å². The minimum atomic E-state index is 0.180. The van der Waals surface area contributed by atoms with Crippen LogP contribution in [0.4, 0.5) is 5.95 Å². The molecule has 21 heavy (non-hydrogen) atoms.